The van der Waals surface area contributed by atoms with Crippen LogP contribution in [0.3, 0.4) is 0 Å². The van der Waals surface area contributed by atoms with E-state index >= 15 is 0 Å². The summed E-state index contributed by atoms with van der Waals surface area (Å²) in [6.45, 7) is 4.00. The van der Waals surface area contributed by atoms with Gasteiger partial charge in [0, 0.05) is 16.7 Å². The van der Waals surface area contributed by atoms with Crippen LogP contribution in [0, 0.1) is 0 Å². The number of para-hydroxylation sites is 1. The lowest BCUT2D eigenvalue weighted by Crippen LogP contribution is -2.32. The van der Waals surface area contributed by atoms with Gasteiger partial charge in [-0.1, -0.05) is 97.9 Å². The molecule has 7 heteroatoms. The third kappa shape index (κ3) is 4.41. The second-order valence-electron chi connectivity index (χ2n) is 6.71. The zero-order chi connectivity index (χ0) is 22.3. The largest absolute Gasteiger partial charge is 0.323 e. The van der Waals surface area contributed by atoms with Crippen molar-refractivity contribution in [2.24, 2.45) is 4.99 Å². The van der Waals surface area contributed by atoms with Gasteiger partial charge in [-0.25, -0.2) is 4.99 Å². The Hall–Kier alpha value is -4.26. The summed E-state index contributed by atoms with van der Waals surface area (Å²) in [6, 6.07) is 26.9. The van der Waals surface area contributed by atoms with Gasteiger partial charge in [0.1, 0.15) is 0 Å². The fraction of sp³-hybridized carbons (Fsp3) is 0.120. The van der Waals surface area contributed by atoms with Gasteiger partial charge in [-0.05, 0) is 6.07 Å². The predicted octanol–water partition coefficient (Wildman–Crippen LogP) is 4.99. The highest BCUT2D eigenvalue weighted by molar-refractivity contribution is 6.19. The number of carbonyl (C=O) groups excluding carboxylic acids is 1. The number of benzene rings is 3. The number of carbonyl (C=O) groups is 1. The molecule has 1 atom stereocenters. The first-order chi connectivity index (χ1) is 15.8. The normalized spacial score (nSPS) is 14.8. The van der Waals surface area contributed by atoms with Gasteiger partial charge in [0.2, 0.25) is 12.0 Å². The lowest BCUT2D eigenvalue weighted by molar-refractivity contribution is -0.116. The number of rotatable bonds is 4. The van der Waals surface area contributed by atoms with E-state index in [0.717, 1.165) is 16.7 Å². The van der Waals surface area contributed by atoms with E-state index in [1.807, 2.05) is 98.8 Å². The van der Waals surface area contributed by atoms with E-state index < -0.39 is 6.17 Å². The fourth-order valence-electron chi connectivity index (χ4n) is 3.28. The minimum absolute atomic E-state index is 0.121. The highest BCUT2D eigenvalue weighted by Crippen LogP contribution is 2.25. The van der Waals surface area contributed by atoms with Crippen molar-refractivity contribution in [3.05, 3.63) is 96.1 Å². The quantitative estimate of drug-likeness (QED) is 0.480. The van der Waals surface area contributed by atoms with Crippen LogP contribution < -0.4 is 10.6 Å². The summed E-state index contributed by atoms with van der Waals surface area (Å²) in [7, 11) is 0. The highest BCUT2D eigenvalue weighted by Gasteiger charge is 2.27. The van der Waals surface area contributed by atoms with E-state index in [1.54, 1.807) is 0 Å². The Labute approximate surface area is 186 Å². The van der Waals surface area contributed by atoms with Crippen LogP contribution >= 0.6 is 0 Å². The van der Waals surface area contributed by atoms with E-state index in [1.165, 1.54) is 0 Å². The van der Waals surface area contributed by atoms with Crippen LogP contribution in [0.15, 0.2) is 94.4 Å². The van der Waals surface area contributed by atoms with Gasteiger partial charge in [-0.3, -0.25) is 4.79 Å². The van der Waals surface area contributed by atoms with Crippen LogP contribution in [0.5, 0.6) is 0 Å². The average molecular weight is 425 g/mol. The molecule has 0 bridgehead atoms. The Morgan fingerprint density at radius 1 is 0.844 bits per heavy atom. The van der Waals surface area contributed by atoms with Crippen LogP contribution in [0.1, 0.15) is 25.0 Å². The van der Waals surface area contributed by atoms with E-state index in [9.17, 15) is 4.79 Å². The summed E-state index contributed by atoms with van der Waals surface area (Å²) in [5.74, 6) is 0.121. The van der Waals surface area contributed by atoms with Gasteiger partial charge in [-0.15, -0.1) is 0 Å². The molecule has 0 radical (unpaired) electrons. The molecule has 0 saturated carbocycles. The number of anilines is 2. The van der Waals surface area contributed by atoms with Gasteiger partial charge in [0.25, 0.3) is 5.91 Å². The molecule has 1 aliphatic rings. The van der Waals surface area contributed by atoms with Crippen molar-refractivity contribution >= 4 is 23.3 Å². The molecule has 1 aliphatic heterocycles. The number of nitrogens with one attached hydrogen (secondary N) is 2. The number of nitrogens with zero attached hydrogens (tertiary/aromatic N) is 3. The number of aliphatic imine (C=N–C) groups is 1. The molecule has 0 fully saturated rings. The zero-order valence-electron chi connectivity index (χ0n) is 17.8. The number of aromatic nitrogens is 2. The lowest BCUT2D eigenvalue weighted by atomic mass is 10.0. The molecular weight excluding hydrogens is 402 g/mol. The van der Waals surface area contributed by atoms with Gasteiger partial charge < -0.3 is 15.2 Å². The van der Waals surface area contributed by atoms with Gasteiger partial charge in [0.05, 0.1) is 11.4 Å². The first-order valence-corrected chi connectivity index (χ1v) is 10.5. The number of benzodiazepines with no additional fused rings is 1. The maximum Gasteiger partial charge on any atom is 0.323 e. The first kappa shape index (κ1) is 21.0. The summed E-state index contributed by atoms with van der Waals surface area (Å²) >= 11 is 0. The van der Waals surface area contributed by atoms with Crippen molar-refractivity contribution in [2.75, 3.05) is 10.6 Å². The Kier molecular flexibility index (Phi) is 6.36. The summed E-state index contributed by atoms with van der Waals surface area (Å²) < 4.78 is 5.31. The Morgan fingerprint density at radius 2 is 1.47 bits per heavy atom. The molecule has 1 amide bonds. The Bertz CT molecular complexity index is 1220. The molecule has 0 aliphatic carbocycles. The molecule has 4 aromatic rings. The standard InChI is InChI=1S/C23H17N5O2.C2H6/c29-22-21(27-23-26-20(28-30-23)16-11-5-2-6-12-16)25-19(15-9-3-1-4-10-15)17-13-7-8-14-18(17)24-22;1-2/h1-14,21H,(H,24,29)(H,26,27,28);1-2H3. The van der Waals surface area contributed by atoms with Crippen LogP contribution in [-0.2, 0) is 4.79 Å². The van der Waals surface area contributed by atoms with Crippen LogP contribution in [0.25, 0.3) is 11.4 Å². The minimum atomic E-state index is -0.934. The monoisotopic (exact) mass is 425 g/mol. The van der Waals surface area contributed by atoms with E-state index in [4.69, 9.17) is 9.52 Å². The molecule has 2 heterocycles. The van der Waals surface area contributed by atoms with Crippen LogP contribution in [-0.4, -0.2) is 27.9 Å². The van der Waals surface area contributed by atoms with Crippen molar-refractivity contribution in [3.63, 3.8) is 0 Å². The maximum absolute atomic E-state index is 12.9. The minimum Gasteiger partial charge on any atom is -0.322 e. The predicted molar refractivity (Wildman–Crippen MR) is 126 cm³/mol. The van der Waals surface area contributed by atoms with E-state index in [0.29, 0.717) is 17.2 Å². The Balaban J connectivity index is 0.00000119. The molecule has 160 valence electrons. The van der Waals surface area contributed by atoms with Crippen molar-refractivity contribution in [1.29, 1.82) is 0 Å². The molecule has 3 aromatic carbocycles. The SMILES string of the molecule is CC.O=C1Nc2ccccc2C(c2ccccc2)=NC1Nc1nc(-c2ccccc2)no1. The number of hydrogen-bond donors (Lipinski definition) is 2. The second kappa shape index (κ2) is 9.70. The molecule has 2 N–H and O–H groups in total. The van der Waals surface area contributed by atoms with Crippen LogP contribution in [0.4, 0.5) is 11.7 Å². The number of fused-ring (bicyclic) bond motifs is 1. The van der Waals surface area contributed by atoms with Gasteiger partial charge in [-0.2, -0.15) is 4.98 Å². The maximum atomic E-state index is 12.9. The van der Waals surface area contributed by atoms with Crippen LogP contribution in [0.2, 0.25) is 0 Å². The fourth-order valence-corrected chi connectivity index (χ4v) is 3.28. The zero-order valence-corrected chi connectivity index (χ0v) is 17.8. The molecule has 0 spiro atoms. The smallest absolute Gasteiger partial charge is 0.322 e. The summed E-state index contributed by atoms with van der Waals surface area (Å²) in [5, 5.41) is 9.87. The van der Waals surface area contributed by atoms with Gasteiger partial charge >= 0.3 is 6.01 Å². The first-order valence-electron chi connectivity index (χ1n) is 10.5. The molecule has 1 aromatic heterocycles. The summed E-state index contributed by atoms with van der Waals surface area (Å²) in [5.41, 5.74) is 3.97. The molecule has 1 unspecified atom stereocenters. The number of amides is 1. The van der Waals surface area contributed by atoms with Crippen molar-refractivity contribution in [3.8, 4) is 11.4 Å². The Morgan fingerprint density at radius 3 is 2.19 bits per heavy atom. The molecule has 32 heavy (non-hydrogen) atoms. The van der Waals surface area contributed by atoms with E-state index in [2.05, 4.69) is 20.8 Å². The molecule has 0 saturated heterocycles. The summed E-state index contributed by atoms with van der Waals surface area (Å²) in [4.78, 5) is 21.9. The highest BCUT2D eigenvalue weighted by atomic mass is 16.5. The third-order valence-corrected chi connectivity index (χ3v) is 4.71. The molecular formula is C25H23N5O2. The summed E-state index contributed by atoms with van der Waals surface area (Å²) in [6.07, 6.45) is -0.934. The number of hydrogen-bond acceptors (Lipinski definition) is 6. The van der Waals surface area contributed by atoms with Gasteiger partial charge in [0.15, 0.2) is 0 Å². The van der Waals surface area contributed by atoms with E-state index in [-0.39, 0.29) is 11.9 Å². The lowest BCUT2D eigenvalue weighted by Gasteiger charge is -2.11. The van der Waals surface area contributed by atoms with Crippen molar-refractivity contribution in [1.82, 2.24) is 10.1 Å². The van der Waals surface area contributed by atoms with Crippen molar-refractivity contribution < 1.29 is 9.32 Å². The molecule has 7 nitrogen and oxygen atoms in total. The average Bonchev–Trinajstić information content (AvgIpc) is 3.28. The van der Waals surface area contributed by atoms with Crippen molar-refractivity contribution in [2.45, 2.75) is 20.0 Å². The second-order valence-corrected chi connectivity index (χ2v) is 6.71. The third-order valence-electron chi connectivity index (χ3n) is 4.71. The molecule has 5 rings (SSSR count). The topological polar surface area (TPSA) is 92.4 Å².